The number of rotatable bonds is 20. The summed E-state index contributed by atoms with van der Waals surface area (Å²) in [4.78, 5) is 42.0. The van der Waals surface area contributed by atoms with Crippen LogP contribution in [0, 0.1) is 27.7 Å². The lowest BCUT2D eigenvalue weighted by Crippen LogP contribution is -2.40. The highest BCUT2D eigenvalue weighted by atomic mass is 32.2. The summed E-state index contributed by atoms with van der Waals surface area (Å²) in [6, 6.07) is 28.2. The van der Waals surface area contributed by atoms with Crippen LogP contribution in [0.4, 0.5) is 34.1 Å². The maximum absolute atomic E-state index is 13.8. The van der Waals surface area contributed by atoms with Crippen LogP contribution in [0.1, 0.15) is 33.4 Å². The highest BCUT2D eigenvalue weighted by Gasteiger charge is 2.29. The summed E-state index contributed by atoms with van der Waals surface area (Å²) in [6.45, 7) is 9.88. The average molecular weight is 1350 g/mol. The van der Waals surface area contributed by atoms with Crippen molar-refractivity contribution in [3.8, 4) is 33.8 Å². The third-order valence-electron chi connectivity index (χ3n) is 16.1. The summed E-state index contributed by atoms with van der Waals surface area (Å²) in [6.07, 6.45) is 1.06. The molecule has 0 atom stereocenters. The number of anilines is 2. The van der Waals surface area contributed by atoms with Crippen molar-refractivity contribution in [3.05, 3.63) is 143 Å². The first-order chi connectivity index (χ1) is 43.5. The Kier molecular flexibility index (Phi) is 19.8. The fourth-order valence-corrected chi connectivity index (χ4v) is 14.2. The summed E-state index contributed by atoms with van der Waals surface area (Å²) in [5.41, 5.74) is 19.4. The Bertz CT molecular complexity index is 4650. The minimum Gasteiger partial charge on any atom is -0.505 e. The van der Waals surface area contributed by atoms with Crippen LogP contribution in [0.5, 0.6) is 11.5 Å². The fourth-order valence-electron chi connectivity index (χ4n) is 11.2. The lowest BCUT2D eigenvalue weighted by Gasteiger charge is -2.25. The van der Waals surface area contributed by atoms with Crippen molar-refractivity contribution < 1.29 is 77.0 Å². The van der Waals surface area contributed by atoms with Gasteiger partial charge >= 0.3 is 5.97 Å². The first-order valence-corrected chi connectivity index (χ1v) is 34.7. The lowest BCUT2D eigenvalue weighted by atomic mass is 9.96. The van der Waals surface area contributed by atoms with Crippen molar-refractivity contribution >= 4 is 113 Å². The third kappa shape index (κ3) is 15.8. The molecule has 8 aromatic carbocycles. The zero-order chi connectivity index (χ0) is 67.8. The summed E-state index contributed by atoms with van der Waals surface area (Å²) < 4.78 is 127. The number of azo groups is 2. The normalized spacial score (nSPS) is 14.5. The Balaban J connectivity index is 0.819. The van der Waals surface area contributed by atoms with Gasteiger partial charge in [-0.3, -0.25) is 42.7 Å². The molecule has 1 aliphatic rings. The molecule has 1 aliphatic heterocycles. The molecule has 9 rings (SSSR count). The van der Waals surface area contributed by atoms with Crippen molar-refractivity contribution in [2.45, 2.75) is 60.1 Å². The molecule has 0 spiro atoms. The lowest BCUT2D eigenvalue weighted by molar-refractivity contribution is -0.138. The second-order valence-electron chi connectivity index (χ2n) is 22.8. The van der Waals surface area contributed by atoms with Gasteiger partial charge in [-0.1, -0.05) is 60.7 Å². The zero-order valence-electron chi connectivity index (χ0n) is 50.8. The van der Waals surface area contributed by atoms with Crippen LogP contribution in [0.2, 0.25) is 0 Å². The molecule has 26 nitrogen and oxygen atoms in total. The first kappa shape index (κ1) is 68.4. The number of phenols is 2. The molecule has 1 saturated heterocycles. The molecule has 0 bridgehead atoms. The van der Waals surface area contributed by atoms with Crippen molar-refractivity contribution in [1.29, 1.82) is 0 Å². The van der Waals surface area contributed by atoms with E-state index in [9.17, 15) is 77.0 Å². The Labute approximate surface area is 535 Å². The van der Waals surface area contributed by atoms with Gasteiger partial charge in [0.15, 0.2) is 32.9 Å². The van der Waals surface area contributed by atoms with Gasteiger partial charge in [-0.05, 0) is 132 Å². The van der Waals surface area contributed by atoms with Crippen LogP contribution < -0.4 is 11.5 Å². The van der Waals surface area contributed by atoms with E-state index in [1.54, 1.807) is 36.9 Å². The molecule has 10 N–H and O–H groups in total. The molecule has 93 heavy (non-hydrogen) atoms. The van der Waals surface area contributed by atoms with Crippen molar-refractivity contribution in [2.75, 3.05) is 76.6 Å². The van der Waals surface area contributed by atoms with E-state index in [1.807, 2.05) is 78.2 Å². The molecule has 488 valence electrons. The van der Waals surface area contributed by atoms with Gasteiger partial charge in [0.2, 0.25) is 0 Å². The van der Waals surface area contributed by atoms with Gasteiger partial charge in [-0.25, -0.2) is 8.42 Å². The van der Waals surface area contributed by atoms with Gasteiger partial charge in [0.1, 0.15) is 26.1 Å². The number of carbonyl (C=O) groups excluding carboxylic acids is 2. The number of carboxylic acids is 1. The number of ketones is 2. The second-order valence-corrected chi connectivity index (χ2v) is 29.0. The molecular weight excluding hydrogens is 1280 g/mol. The van der Waals surface area contributed by atoms with Crippen LogP contribution in [0.15, 0.2) is 149 Å². The number of phenolic OH excluding ortho intramolecular Hbond substituents is 2. The summed E-state index contributed by atoms with van der Waals surface area (Å²) >= 11 is 0. The number of hydrogen-bond donors (Lipinski definition) is 8. The standard InChI is InChI=1S/C63H65N9O17S4/c1-35-24-41(43-10-14-49(37(3)26-43)66-68-51-16-12-47-53(91(81,82)83)30-55(90(5,79)80)60(64)58(47)62(51)77)8-6-39(35)28-45(73)32-70-18-19-71(21-23-72(22-20-70)34-57(75)76)33-46(74)29-40-7-9-42(25-36(40)2)44-11-15-50(38(4)27-44)67-69-52-17-13-48-54(92(84,85)86)31-56(93(87,88)89)61(65)59(48)63(52)78/h6-17,24-27,30-31,77-78H,18-23,28-29,32-34,64-65H2,1-5H3,(H,75,76)(H,81,82,83)(H,84,85,86)(H,87,88,89). The molecule has 0 unspecified atom stereocenters. The SMILES string of the molecule is Cc1cc(-c2ccc(N=Nc3ccc4c(S(=O)(=O)O)cc(S(C)(=O)=O)c(N)c4c3O)c(C)c2)ccc1CC(=O)CN1CCN(CC(=O)O)CCN(CC(=O)Cc2ccc(-c3ccc(N=Nc4ccc5c(S(=O)(=O)O)cc(S(=O)(=O)O)c(N)c5c4O)c(C)c3)cc2C)CC1. The number of nitrogens with two attached hydrogens (primary N) is 2. The maximum Gasteiger partial charge on any atom is 0.317 e. The topological polar surface area (TPSA) is 420 Å². The van der Waals surface area contributed by atoms with E-state index in [1.165, 1.54) is 18.2 Å². The highest BCUT2D eigenvalue weighted by molar-refractivity contribution is 7.91. The van der Waals surface area contributed by atoms with Gasteiger partial charge in [0.05, 0.1) is 58.1 Å². The van der Waals surface area contributed by atoms with Crippen LogP contribution in [0.25, 0.3) is 43.8 Å². The number of aryl methyl sites for hydroxylation is 4. The molecule has 8 aromatic rings. The number of hydrogen-bond acceptors (Lipinski definition) is 22. The van der Waals surface area contributed by atoms with E-state index in [0.717, 1.165) is 62.9 Å². The molecule has 0 saturated carbocycles. The number of fused-ring (bicyclic) bond motifs is 2. The van der Waals surface area contributed by atoms with E-state index in [-0.39, 0.29) is 71.6 Å². The molecule has 0 aromatic heterocycles. The number of benzene rings is 8. The Morgan fingerprint density at radius 1 is 0.430 bits per heavy atom. The van der Waals surface area contributed by atoms with E-state index in [0.29, 0.717) is 67.8 Å². The summed E-state index contributed by atoms with van der Waals surface area (Å²) in [5, 5.41) is 47.5. The molecule has 0 radical (unpaired) electrons. The minimum absolute atomic E-state index is 0.0520. The number of aromatic hydroxyl groups is 2. The van der Waals surface area contributed by atoms with Gasteiger partial charge in [0, 0.05) is 69.1 Å². The van der Waals surface area contributed by atoms with Crippen molar-refractivity contribution in [1.82, 2.24) is 14.7 Å². The van der Waals surface area contributed by atoms with Crippen LogP contribution in [-0.2, 0) is 67.4 Å². The second kappa shape index (κ2) is 26.9. The number of nitrogens with zero attached hydrogens (tertiary/aromatic N) is 7. The van der Waals surface area contributed by atoms with Gasteiger partial charge in [-0.2, -0.15) is 35.5 Å². The molecule has 1 heterocycles. The maximum atomic E-state index is 13.8. The fraction of sp³-hybridized carbons (Fsp3) is 0.254. The monoisotopic (exact) mass is 1350 g/mol. The zero-order valence-corrected chi connectivity index (χ0v) is 54.0. The number of carbonyl (C=O) groups is 3. The Morgan fingerprint density at radius 2 is 0.742 bits per heavy atom. The summed E-state index contributed by atoms with van der Waals surface area (Å²) in [7, 11) is -19.2. The third-order valence-corrected chi connectivity index (χ3v) is 19.9. The Hall–Kier alpha value is -8.95. The van der Waals surface area contributed by atoms with E-state index >= 15 is 0 Å². The summed E-state index contributed by atoms with van der Waals surface area (Å²) in [5.74, 6) is -2.52. The van der Waals surface area contributed by atoms with Crippen molar-refractivity contribution in [3.63, 3.8) is 0 Å². The number of Topliss-reactive ketones (excluding diaryl/α,β-unsaturated/α-hetero) is 2. The van der Waals surface area contributed by atoms with Crippen LogP contribution in [0.3, 0.4) is 0 Å². The number of nitrogen functional groups attached to an aromatic ring is 2. The van der Waals surface area contributed by atoms with Crippen molar-refractivity contribution in [2.24, 2.45) is 20.5 Å². The van der Waals surface area contributed by atoms with Crippen LogP contribution in [-0.4, -0.2) is 160 Å². The number of sulfone groups is 1. The van der Waals surface area contributed by atoms with E-state index in [4.69, 9.17) is 11.5 Å². The van der Waals surface area contributed by atoms with E-state index in [2.05, 4.69) is 20.5 Å². The smallest absolute Gasteiger partial charge is 0.317 e. The van der Waals surface area contributed by atoms with Gasteiger partial charge in [0.25, 0.3) is 30.4 Å². The number of carboxylic acid groups (broad SMARTS) is 1. The largest absolute Gasteiger partial charge is 0.505 e. The molecule has 1 fully saturated rings. The molecular formula is C63H65N9O17S4. The Morgan fingerprint density at radius 3 is 1.08 bits per heavy atom. The average Bonchev–Trinajstić information content (AvgIpc) is 0.818. The predicted molar refractivity (Wildman–Crippen MR) is 348 cm³/mol. The van der Waals surface area contributed by atoms with Crippen LogP contribution >= 0.6 is 0 Å². The molecule has 0 amide bonds. The molecule has 0 aliphatic carbocycles. The first-order valence-electron chi connectivity index (χ1n) is 28.5. The predicted octanol–water partition coefficient (Wildman–Crippen LogP) is 9.04. The quantitative estimate of drug-likeness (QED) is 0.0200. The minimum atomic E-state index is -5.10. The highest BCUT2D eigenvalue weighted by Crippen LogP contribution is 2.46. The number of aliphatic carboxylic acids is 1. The van der Waals surface area contributed by atoms with Gasteiger partial charge in [-0.15, -0.1) is 10.2 Å². The van der Waals surface area contributed by atoms with E-state index < -0.39 is 94.0 Å². The molecule has 30 heteroatoms. The van der Waals surface area contributed by atoms with Gasteiger partial charge < -0.3 is 26.8 Å².